The predicted molar refractivity (Wildman–Crippen MR) is 112 cm³/mol. The number of hydrogen-bond donors (Lipinski definition) is 1. The van der Waals surface area contributed by atoms with Gasteiger partial charge in [0.2, 0.25) is 0 Å². The van der Waals surface area contributed by atoms with Crippen LogP contribution in [0.25, 0.3) is 33.9 Å². The molecule has 0 fully saturated rings. The van der Waals surface area contributed by atoms with Crippen molar-refractivity contribution in [1.29, 1.82) is 0 Å². The van der Waals surface area contributed by atoms with E-state index in [1.165, 1.54) is 27.9 Å². The molecule has 1 aromatic heterocycles. The molecule has 27 heavy (non-hydrogen) atoms. The second-order valence-corrected chi connectivity index (χ2v) is 7.24. The molecule has 1 aliphatic rings. The summed E-state index contributed by atoms with van der Waals surface area (Å²) in [6.45, 7) is 0. The smallest absolute Gasteiger partial charge is 0.138 e. The van der Waals surface area contributed by atoms with E-state index >= 15 is 0 Å². The number of rotatable bonds is 2. The van der Waals surface area contributed by atoms with E-state index in [-0.39, 0.29) is 0 Å². The third-order valence-electron chi connectivity index (χ3n) is 5.30. The van der Waals surface area contributed by atoms with Crippen molar-refractivity contribution in [2.24, 2.45) is 0 Å². The molecule has 1 heterocycles. The zero-order valence-corrected chi connectivity index (χ0v) is 15.5. The summed E-state index contributed by atoms with van der Waals surface area (Å²) in [6, 6.07) is 25.7. The highest BCUT2D eigenvalue weighted by Crippen LogP contribution is 2.40. The van der Waals surface area contributed by atoms with Gasteiger partial charge in [-0.25, -0.2) is 4.98 Å². The van der Waals surface area contributed by atoms with Gasteiger partial charge in [-0.05, 0) is 41.8 Å². The third-order valence-corrected chi connectivity index (χ3v) is 5.30. The Morgan fingerprint density at radius 1 is 0.778 bits per heavy atom. The van der Waals surface area contributed by atoms with Crippen molar-refractivity contribution in [2.75, 3.05) is 19.0 Å². The molecule has 0 amide bonds. The van der Waals surface area contributed by atoms with Crippen LogP contribution < -0.4 is 4.90 Å². The van der Waals surface area contributed by atoms with Gasteiger partial charge < -0.3 is 9.88 Å². The molecule has 132 valence electrons. The fraction of sp³-hybridized carbons (Fsp3) is 0.125. The molecule has 3 aromatic carbocycles. The number of nitrogens with zero attached hydrogens (tertiary/aromatic N) is 2. The summed E-state index contributed by atoms with van der Waals surface area (Å²) in [5, 5.41) is 0. The second kappa shape index (κ2) is 6.13. The van der Waals surface area contributed by atoms with Gasteiger partial charge in [-0.3, -0.25) is 0 Å². The first-order valence-electron chi connectivity index (χ1n) is 9.25. The van der Waals surface area contributed by atoms with Crippen molar-refractivity contribution < 1.29 is 0 Å². The standard InChI is InChI=1S/C24H21N3/c1-27(2)19-13-11-16(12-14-19)24-25-22-20-9-5-3-7-17(20)15-18-8-4-6-10-21(18)23(22)26-24/h3-14H,15H2,1-2H3,(H,25,26). The molecule has 0 aliphatic heterocycles. The Morgan fingerprint density at radius 2 is 1.41 bits per heavy atom. The first-order valence-corrected chi connectivity index (χ1v) is 9.25. The number of aromatic nitrogens is 2. The summed E-state index contributed by atoms with van der Waals surface area (Å²) in [7, 11) is 4.11. The van der Waals surface area contributed by atoms with Gasteiger partial charge in [-0.2, -0.15) is 0 Å². The zero-order valence-electron chi connectivity index (χ0n) is 15.5. The lowest BCUT2D eigenvalue weighted by Gasteiger charge is -2.12. The SMILES string of the molecule is CN(C)c1ccc(-c2nc3c([nH]2)-c2ccccc2Cc2ccccc2-3)cc1. The summed E-state index contributed by atoms with van der Waals surface area (Å²) in [6.07, 6.45) is 0.934. The van der Waals surface area contributed by atoms with Crippen LogP contribution in [0.15, 0.2) is 72.8 Å². The Balaban J connectivity index is 1.71. The molecule has 0 atom stereocenters. The second-order valence-electron chi connectivity index (χ2n) is 7.24. The average Bonchev–Trinajstić information content (AvgIpc) is 3.09. The molecular weight excluding hydrogens is 330 g/mol. The average molecular weight is 351 g/mol. The van der Waals surface area contributed by atoms with Crippen LogP contribution in [0.5, 0.6) is 0 Å². The van der Waals surface area contributed by atoms with E-state index in [9.17, 15) is 0 Å². The van der Waals surface area contributed by atoms with E-state index in [2.05, 4.69) is 96.8 Å². The maximum absolute atomic E-state index is 5.03. The Bertz CT molecular complexity index is 1060. The van der Waals surface area contributed by atoms with Crippen LogP contribution in [0.2, 0.25) is 0 Å². The van der Waals surface area contributed by atoms with Gasteiger partial charge in [-0.1, -0.05) is 48.5 Å². The van der Waals surface area contributed by atoms with Crippen molar-refractivity contribution in [3.8, 4) is 33.9 Å². The molecule has 0 saturated heterocycles. The van der Waals surface area contributed by atoms with E-state index in [0.717, 1.165) is 29.2 Å². The summed E-state index contributed by atoms with van der Waals surface area (Å²) in [4.78, 5) is 10.7. The Labute approximate surface area is 159 Å². The van der Waals surface area contributed by atoms with Crippen LogP contribution >= 0.6 is 0 Å². The topological polar surface area (TPSA) is 31.9 Å². The first kappa shape index (κ1) is 15.9. The van der Waals surface area contributed by atoms with Crippen LogP contribution in [-0.2, 0) is 6.42 Å². The molecule has 0 unspecified atom stereocenters. The van der Waals surface area contributed by atoms with Crippen molar-refractivity contribution >= 4 is 5.69 Å². The number of aromatic amines is 1. The van der Waals surface area contributed by atoms with E-state index in [1.807, 2.05) is 0 Å². The molecule has 0 radical (unpaired) electrons. The van der Waals surface area contributed by atoms with Crippen LogP contribution in [0.4, 0.5) is 5.69 Å². The zero-order chi connectivity index (χ0) is 18.4. The van der Waals surface area contributed by atoms with E-state index in [1.54, 1.807) is 0 Å². The molecule has 4 aromatic rings. The highest BCUT2D eigenvalue weighted by atomic mass is 15.1. The van der Waals surface area contributed by atoms with E-state index in [0.29, 0.717) is 0 Å². The van der Waals surface area contributed by atoms with Gasteiger partial charge in [-0.15, -0.1) is 0 Å². The van der Waals surface area contributed by atoms with Crippen molar-refractivity contribution in [3.05, 3.63) is 83.9 Å². The van der Waals surface area contributed by atoms with Gasteiger partial charge in [0, 0.05) is 36.5 Å². The van der Waals surface area contributed by atoms with E-state index < -0.39 is 0 Å². The lowest BCUT2D eigenvalue weighted by atomic mass is 10.00. The maximum atomic E-state index is 5.03. The molecule has 3 nitrogen and oxygen atoms in total. The Hall–Kier alpha value is -3.33. The van der Waals surface area contributed by atoms with Gasteiger partial charge in [0.15, 0.2) is 0 Å². The summed E-state index contributed by atoms with van der Waals surface area (Å²) in [5.41, 5.74) is 9.56. The van der Waals surface area contributed by atoms with Gasteiger partial charge in [0.1, 0.15) is 5.82 Å². The molecule has 0 saturated carbocycles. The largest absolute Gasteiger partial charge is 0.378 e. The minimum atomic E-state index is 0.914. The van der Waals surface area contributed by atoms with Crippen molar-refractivity contribution in [3.63, 3.8) is 0 Å². The molecular formula is C24H21N3. The number of benzene rings is 3. The molecule has 0 spiro atoms. The van der Waals surface area contributed by atoms with Gasteiger partial charge in [0.05, 0.1) is 11.4 Å². The number of imidazole rings is 1. The molecule has 1 N–H and O–H groups in total. The molecule has 0 bridgehead atoms. The maximum Gasteiger partial charge on any atom is 0.138 e. The quantitative estimate of drug-likeness (QED) is 0.463. The number of hydrogen-bond acceptors (Lipinski definition) is 2. The summed E-state index contributed by atoms with van der Waals surface area (Å²) >= 11 is 0. The predicted octanol–water partition coefficient (Wildman–Crippen LogP) is 5.38. The highest BCUT2D eigenvalue weighted by Gasteiger charge is 2.22. The lowest BCUT2D eigenvalue weighted by Crippen LogP contribution is -2.07. The number of fused-ring (bicyclic) bond motifs is 5. The van der Waals surface area contributed by atoms with Crippen LogP contribution in [0.1, 0.15) is 11.1 Å². The minimum absolute atomic E-state index is 0.914. The fourth-order valence-corrected chi connectivity index (χ4v) is 3.85. The summed E-state index contributed by atoms with van der Waals surface area (Å²) in [5.74, 6) is 0.914. The molecule has 3 heteroatoms. The normalized spacial score (nSPS) is 11.9. The van der Waals surface area contributed by atoms with E-state index in [4.69, 9.17) is 4.98 Å². The van der Waals surface area contributed by atoms with Gasteiger partial charge >= 0.3 is 0 Å². The monoisotopic (exact) mass is 351 g/mol. The number of H-pyrrole nitrogens is 1. The minimum Gasteiger partial charge on any atom is -0.378 e. The number of nitrogens with one attached hydrogen (secondary N) is 1. The molecule has 5 rings (SSSR count). The highest BCUT2D eigenvalue weighted by molar-refractivity contribution is 5.86. The van der Waals surface area contributed by atoms with Crippen LogP contribution in [-0.4, -0.2) is 24.1 Å². The Morgan fingerprint density at radius 3 is 2.11 bits per heavy atom. The third kappa shape index (κ3) is 2.63. The number of anilines is 1. The fourth-order valence-electron chi connectivity index (χ4n) is 3.85. The van der Waals surface area contributed by atoms with Gasteiger partial charge in [0.25, 0.3) is 0 Å². The van der Waals surface area contributed by atoms with Crippen molar-refractivity contribution in [2.45, 2.75) is 6.42 Å². The van der Waals surface area contributed by atoms with Crippen LogP contribution in [0.3, 0.4) is 0 Å². The lowest BCUT2D eigenvalue weighted by molar-refractivity contribution is 1.13. The van der Waals surface area contributed by atoms with Crippen LogP contribution in [0, 0.1) is 0 Å². The molecule has 1 aliphatic carbocycles. The Kier molecular flexibility index (Phi) is 3.61. The van der Waals surface area contributed by atoms with Crippen molar-refractivity contribution in [1.82, 2.24) is 9.97 Å². The first-order chi connectivity index (χ1) is 13.2. The summed E-state index contributed by atoms with van der Waals surface area (Å²) < 4.78 is 0.